The number of pyridine rings is 1. The molecule has 3 rings (SSSR count). The summed E-state index contributed by atoms with van der Waals surface area (Å²) >= 11 is 0. The monoisotopic (exact) mass is 431 g/mol. The van der Waals surface area contributed by atoms with Gasteiger partial charge in [-0.15, -0.1) is 0 Å². The summed E-state index contributed by atoms with van der Waals surface area (Å²) in [4.78, 5) is 29.5. The van der Waals surface area contributed by atoms with E-state index < -0.39 is 5.60 Å². The van der Waals surface area contributed by atoms with E-state index >= 15 is 0 Å². The van der Waals surface area contributed by atoms with Crippen LogP contribution >= 0.6 is 0 Å². The van der Waals surface area contributed by atoms with E-state index in [-0.39, 0.29) is 34.6 Å². The maximum Gasteiger partial charge on any atom is 0.253 e. The van der Waals surface area contributed by atoms with Crippen LogP contribution in [0.25, 0.3) is 0 Å². The van der Waals surface area contributed by atoms with Crippen LogP contribution in [0.5, 0.6) is 0 Å². The number of aliphatic hydroxyl groups is 1. The molecule has 1 aromatic heterocycles. The Morgan fingerprint density at radius 2 is 2.03 bits per heavy atom. The molecular formula is C24H37N3O4. The van der Waals surface area contributed by atoms with Gasteiger partial charge >= 0.3 is 0 Å². The fourth-order valence-corrected chi connectivity index (χ4v) is 5.90. The zero-order valence-corrected chi connectivity index (χ0v) is 19.2. The second-order valence-corrected chi connectivity index (χ2v) is 10.3. The van der Waals surface area contributed by atoms with Gasteiger partial charge in [-0.2, -0.15) is 0 Å². The summed E-state index contributed by atoms with van der Waals surface area (Å²) in [5.41, 5.74) is -0.445. The number of methoxy groups -OCH3 is 1. The van der Waals surface area contributed by atoms with Crippen molar-refractivity contribution in [2.75, 3.05) is 20.3 Å². The van der Waals surface area contributed by atoms with Gasteiger partial charge in [-0.3, -0.25) is 14.6 Å². The highest BCUT2D eigenvalue weighted by Crippen LogP contribution is 2.63. The van der Waals surface area contributed by atoms with Gasteiger partial charge in [0.1, 0.15) is 0 Å². The summed E-state index contributed by atoms with van der Waals surface area (Å²) in [6, 6.07) is 3.47. The predicted octanol–water partition coefficient (Wildman–Crippen LogP) is 2.69. The normalized spacial score (nSPS) is 31.6. The minimum absolute atomic E-state index is 0.00421. The summed E-state index contributed by atoms with van der Waals surface area (Å²) < 4.78 is 5.01. The summed E-state index contributed by atoms with van der Waals surface area (Å²) in [5.74, 6) is 0.0927. The van der Waals surface area contributed by atoms with E-state index in [4.69, 9.17) is 4.74 Å². The average Bonchev–Trinajstić information content (AvgIpc) is 2.93. The van der Waals surface area contributed by atoms with E-state index in [2.05, 4.69) is 29.5 Å². The van der Waals surface area contributed by atoms with Crippen molar-refractivity contribution in [2.24, 2.45) is 16.7 Å². The first kappa shape index (κ1) is 23.7. The Bertz CT molecular complexity index is 780. The number of hydrogen-bond acceptors (Lipinski definition) is 5. The third-order valence-corrected chi connectivity index (χ3v) is 7.51. The number of carbonyl (C=O) groups excluding carboxylic acids is 2. The number of carbonyl (C=O) groups is 2. The second kappa shape index (κ2) is 9.25. The molecule has 31 heavy (non-hydrogen) atoms. The van der Waals surface area contributed by atoms with Gasteiger partial charge in [0.05, 0.1) is 17.8 Å². The third kappa shape index (κ3) is 5.26. The Balaban J connectivity index is 1.82. The third-order valence-electron chi connectivity index (χ3n) is 7.51. The van der Waals surface area contributed by atoms with Crippen molar-refractivity contribution in [3.63, 3.8) is 0 Å². The molecule has 2 aliphatic rings. The molecule has 1 heterocycles. The highest BCUT2D eigenvalue weighted by Gasteiger charge is 2.61. The maximum atomic E-state index is 13.0. The number of aromatic nitrogens is 1. The zero-order chi connectivity index (χ0) is 22.7. The molecule has 0 aliphatic heterocycles. The molecule has 0 radical (unpaired) electrons. The van der Waals surface area contributed by atoms with Crippen molar-refractivity contribution in [3.8, 4) is 0 Å². The van der Waals surface area contributed by atoms with Crippen molar-refractivity contribution in [1.29, 1.82) is 0 Å². The molecular weight excluding hydrogens is 394 g/mol. The average molecular weight is 432 g/mol. The van der Waals surface area contributed by atoms with E-state index in [1.54, 1.807) is 31.6 Å². The molecule has 4 atom stereocenters. The molecule has 1 aromatic rings. The number of ether oxygens (including phenoxy) is 1. The molecule has 2 aliphatic carbocycles. The number of rotatable bonds is 8. The molecule has 2 amide bonds. The van der Waals surface area contributed by atoms with Crippen molar-refractivity contribution < 1.29 is 19.4 Å². The minimum atomic E-state index is -0.714. The van der Waals surface area contributed by atoms with Gasteiger partial charge in [0.15, 0.2) is 0 Å². The number of nitrogens with zero attached hydrogens (tertiary/aromatic N) is 1. The van der Waals surface area contributed by atoms with Crippen LogP contribution in [0.2, 0.25) is 0 Å². The van der Waals surface area contributed by atoms with E-state index in [9.17, 15) is 14.7 Å². The van der Waals surface area contributed by atoms with Gasteiger partial charge in [-0.1, -0.05) is 13.8 Å². The zero-order valence-electron chi connectivity index (χ0n) is 19.2. The Morgan fingerprint density at radius 3 is 2.71 bits per heavy atom. The van der Waals surface area contributed by atoms with E-state index in [1.165, 1.54) is 0 Å². The lowest BCUT2D eigenvalue weighted by Crippen LogP contribution is -2.52. The van der Waals surface area contributed by atoms with Gasteiger partial charge in [0.25, 0.3) is 5.91 Å². The summed E-state index contributed by atoms with van der Waals surface area (Å²) in [6.07, 6.45) is 7.29. The van der Waals surface area contributed by atoms with Crippen molar-refractivity contribution in [2.45, 2.75) is 70.9 Å². The largest absolute Gasteiger partial charge is 0.390 e. The van der Waals surface area contributed by atoms with Crippen LogP contribution in [0.3, 0.4) is 0 Å². The van der Waals surface area contributed by atoms with Crippen molar-refractivity contribution in [3.05, 3.63) is 30.1 Å². The molecule has 0 aromatic carbocycles. The molecule has 7 nitrogen and oxygen atoms in total. The van der Waals surface area contributed by atoms with Gasteiger partial charge < -0.3 is 20.5 Å². The van der Waals surface area contributed by atoms with Gasteiger partial charge in [0, 0.05) is 38.5 Å². The van der Waals surface area contributed by atoms with Gasteiger partial charge in [-0.25, -0.2) is 0 Å². The quantitative estimate of drug-likeness (QED) is 0.550. The molecule has 4 unspecified atom stereocenters. The number of amides is 2. The Labute approximate surface area is 185 Å². The molecule has 0 bridgehead atoms. The highest BCUT2D eigenvalue weighted by molar-refractivity contribution is 5.94. The molecule has 3 N–H and O–H groups in total. The lowest BCUT2D eigenvalue weighted by Gasteiger charge is -2.50. The fraction of sp³-hybridized carbons (Fsp3) is 0.708. The van der Waals surface area contributed by atoms with Crippen LogP contribution in [0.1, 0.15) is 69.7 Å². The Morgan fingerprint density at radius 1 is 1.26 bits per heavy atom. The van der Waals surface area contributed by atoms with E-state index in [0.29, 0.717) is 44.4 Å². The number of hydrogen-bond donors (Lipinski definition) is 3. The summed E-state index contributed by atoms with van der Waals surface area (Å²) in [5, 5.41) is 17.0. The first-order valence-corrected chi connectivity index (χ1v) is 11.3. The van der Waals surface area contributed by atoms with Gasteiger partial charge in [0.2, 0.25) is 5.91 Å². The molecule has 0 saturated heterocycles. The lowest BCUT2D eigenvalue weighted by molar-refractivity contribution is -0.123. The van der Waals surface area contributed by atoms with Crippen LogP contribution in [0.15, 0.2) is 24.5 Å². The van der Waals surface area contributed by atoms with Crippen molar-refractivity contribution >= 4 is 11.8 Å². The summed E-state index contributed by atoms with van der Waals surface area (Å²) in [7, 11) is 1.61. The fourth-order valence-electron chi connectivity index (χ4n) is 5.90. The Kier molecular flexibility index (Phi) is 7.06. The van der Waals surface area contributed by atoms with Crippen LogP contribution in [-0.4, -0.2) is 53.8 Å². The molecule has 2 fully saturated rings. The lowest BCUT2D eigenvalue weighted by atomic mass is 9.57. The smallest absolute Gasteiger partial charge is 0.253 e. The summed E-state index contributed by atoms with van der Waals surface area (Å²) in [6.45, 7) is 7.34. The predicted molar refractivity (Wildman–Crippen MR) is 118 cm³/mol. The first-order valence-electron chi connectivity index (χ1n) is 11.3. The van der Waals surface area contributed by atoms with Crippen LogP contribution < -0.4 is 10.6 Å². The Hall–Kier alpha value is -1.99. The topological polar surface area (TPSA) is 101 Å². The molecule has 7 heteroatoms. The maximum absolute atomic E-state index is 13.0. The highest BCUT2D eigenvalue weighted by atomic mass is 16.5. The molecule has 0 spiro atoms. The number of fused-ring (bicyclic) bond motifs is 1. The van der Waals surface area contributed by atoms with Crippen molar-refractivity contribution in [1.82, 2.24) is 15.6 Å². The molecule has 172 valence electrons. The molecule has 2 saturated carbocycles. The SMILES string of the molecule is COCCNC(=O)CCC12CCC(C)(O)CC1C(C)(C)CC2NC(=O)c1cccnc1. The first-order chi connectivity index (χ1) is 14.6. The van der Waals surface area contributed by atoms with E-state index in [1.807, 2.05) is 6.92 Å². The van der Waals surface area contributed by atoms with Crippen LogP contribution in [-0.2, 0) is 9.53 Å². The minimum Gasteiger partial charge on any atom is -0.390 e. The second-order valence-electron chi connectivity index (χ2n) is 10.3. The van der Waals surface area contributed by atoms with E-state index in [0.717, 1.165) is 12.8 Å². The van der Waals surface area contributed by atoms with Crippen LogP contribution in [0, 0.1) is 16.7 Å². The van der Waals surface area contributed by atoms with Gasteiger partial charge in [-0.05, 0) is 67.9 Å². The number of nitrogens with one attached hydrogen (secondary N) is 2. The van der Waals surface area contributed by atoms with Crippen LogP contribution in [0.4, 0.5) is 0 Å². The standard InChI is InChI=1S/C24H37N3O4/c1-22(2)15-19(27-21(29)17-6-5-11-25-16-17)24(8-7-20(28)26-12-13-31-4)10-9-23(3,30)14-18(22)24/h5-6,11,16,18-19,30H,7-10,12-15H2,1-4H3,(H,26,28)(H,27,29).